The third-order valence-corrected chi connectivity index (χ3v) is 4.05. The van der Waals surface area contributed by atoms with Crippen LogP contribution in [0, 0.1) is 0 Å². The van der Waals surface area contributed by atoms with Crippen LogP contribution in [-0.4, -0.2) is 17.0 Å². The molecule has 0 fully saturated rings. The number of nitrogens with zero attached hydrogens (tertiary/aromatic N) is 2. The van der Waals surface area contributed by atoms with E-state index < -0.39 is 0 Å². The number of benzene rings is 1. The number of hydrogen-bond acceptors (Lipinski definition) is 5. The zero-order chi connectivity index (χ0) is 18.5. The van der Waals surface area contributed by atoms with Crippen LogP contribution < -0.4 is 16.4 Å². The highest BCUT2D eigenvalue weighted by Gasteiger charge is 2.11. The second-order valence-electron chi connectivity index (χ2n) is 5.84. The van der Waals surface area contributed by atoms with Gasteiger partial charge >= 0.3 is 0 Å². The second kappa shape index (κ2) is 7.53. The molecule has 4 N–H and O–H groups in total. The summed E-state index contributed by atoms with van der Waals surface area (Å²) in [7, 11) is 1.88. The van der Waals surface area contributed by atoms with Crippen molar-refractivity contribution in [2.24, 2.45) is 0 Å². The topological polar surface area (TPSA) is 75.9 Å². The van der Waals surface area contributed by atoms with Crippen LogP contribution in [0.15, 0.2) is 80.0 Å². The van der Waals surface area contributed by atoms with Crippen molar-refractivity contribution in [2.45, 2.75) is 0 Å². The van der Waals surface area contributed by atoms with E-state index in [0.29, 0.717) is 5.69 Å². The lowest BCUT2D eigenvalue weighted by Gasteiger charge is -2.17. The zero-order valence-electron chi connectivity index (χ0n) is 14.7. The fourth-order valence-corrected chi connectivity index (χ4v) is 2.65. The molecule has 0 saturated carbocycles. The lowest BCUT2D eigenvalue weighted by atomic mass is 9.97. The molecule has 0 saturated heterocycles. The Bertz CT molecular complexity index is 948. The number of nitrogen functional groups attached to an aromatic ring is 1. The third-order valence-electron chi connectivity index (χ3n) is 4.05. The molecular weight excluding hydrogens is 322 g/mol. The summed E-state index contributed by atoms with van der Waals surface area (Å²) >= 11 is 0. The van der Waals surface area contributed by atoms with Crippen LogP contribution in [0.5, 0.6) is 0 Å². The first-order valence-corrected chi connectivity index (χ1v) is 8.17. The molecule has 0 spiro atoms. The van der Waals surface area contributed by atoms with Crippen LogP contribution in [0.2, 0.25) is 0 Å². The van der Waals surface area contributed by atoms with Crippen LogP contribution >= 0.6 is 0 Å². The fraction of sp³-hybridized carbons (Fsp3) is 0.0476. The van der Waals surface area contributed by atoms with E-state index in [1.807, 2.05) is 37.4 Å². The van der Waals surface area contributed by atoms with Crippen molar-refractivity contribution in [1.29, 1.82) is 0 Å². The number of allylic oxidation sites excluding steroid dienone is 1. The summed E-state index contributed by atoms with van der Waals surface area (Å²) in [5.74, 6) is 0. The van der Waals surface area contributed by atoms with Gasteiger partial charge in [-0.25, -0.2) is 0 Å². The van der Waals surface area contributed by atoms with Gasteiger partial charge < -0.3 is 16.4 Å². The molecule has 26 heavy (non-hydrogen) atoms. The van der Waals surface area contributed by atoms with Gasteiger partial charge in [-0.15, -0.1) is 0 Å². The van der Waals surface area contributed by atoms with Gasteiger partial charge in [-0.1, -0.05) is 19.2 Å². The van der Waals surface area contributed by atoms with Crippen molar-refractivity contribution in [3.8, 4) is 11.1 Å². The molecule has 3 aromatic rings. The van der Waals surface area contributed by atoms with Gasteiger partial charge in [0.2, 0.25) is 0 Å². The monoisotopic (exact) mass is 343 g/mol. The Labute approximate surface area is 153 Å². The van der Waals surface area contributed by atoms with Crippen molar-refractivity contribution in [3.63, 3.8) is 0 Å². The van der Waals surface area contributed by atoms with E-state index >= 15 is 0 Å². The second-order valence-corrected chi connectivity index (χ2v) is 5.84. The van der Waals surface area contributed by atoms with Crippen LogP contribution in [0.3, 0.4) is 0 Å². The molecule has 1 aromatic carbocycles. The number of rotatable bonds is 6. The summed E-state index contributed by atoms with van der Waals surface area (Å²) < 4.78 is 0. The van der Waals surface area contributed by atoms with E-state index in [0.717, 1.165) is 39.3 Å². The average molecular weight is 343 g/mol. The van der Waals surface area contributed by atoms with Gasteiger partial charge in [-0.2, -0.15) is 0 Å². The van der Waals surface area contributed by atoms with Gasteiger partial charge in [0.05, 0.1) is 5.69 Å². The van der Waals surface area contributed by atoms with Crippen molar-refractivity contribution in [1.82, 2.24) is 9.97 Å². The Morgan fingerprint density at radius 2 is 1.73 bits per heavy atom. The van der Waals surface area contributed by atoms with Gasteiger partial charge in [0.15, 0.2) is 0 Å². The average Bonchev–Trinajstić information content (AvgIpc) is 2.67. The van der Waals surface area contributed by atoms with E-state index in [9.17, 15) is 0 Å². The quantitative estimate of drug-likeness (QED) is 0.578. The minimum absolute atomic E-state index is 0.629. The molecule has 0 aliphatic carbocycles. The predicted molar refractivity (Wildman–Crippen MR) is 110 cm³/mol. The maximum absolute atomic E-state index is 5.86. The molecule has 3 rings (SSSR count). The van der Waals surface area contributed by atoms with Crippen LogP contribution in [-0.2, 0) is 0 Å². The van der Waals surface area contributed by atoms with Gasteiger partial charge in [0.1, 0.15) is 0 Å². The molecule has 0 radical (unpaired) electrons. The highest BCUT2D eigenvalue weighted by Crippen LogP contribution is 2.32. The molecule has 0 aliphatic rings. The Morgan fingerprint density at radius 1 is 0.962 bits per heavy atom. The van der Waals surface area contributed by atoms with Gasteiger partial charge in [-0.05, 0) is 41.5 Å². The summed E-state index contributed by atoms with van der Waals surface area (Å²) in [5, 5.41) is 6.47. The SMILES string of the molecule is C=C(Nc1ccncc1)C(=C)c1cc(-c2cncc(N)c2)ccc1NC. The van der Waals surface area contributed by atoms with Crippen molar-refractivity contribution in [3.05, 3.63) is 85.6 Å². The first kappa shape index (κ1) is 17.2. The first-order valence-electron chi connectivity index (χ1n) is 8.17. The third kappa shape index (κ3) is 3.72. The number of nitrogens with one attached hydrogen (secondary N) is 2. The predicted octanol–water partition coefficient (Wildman–Crippen LogP) is 4.41. The normalized spacial score (nSPS) is 10.2. The number of anilines is 3. The number of pyridine rings is 2. The molecule has 0 atom stereocenters. The molecule has 5 nitrogen and oxygen atoms in total. The largest absolute Gasteiger partial charge is 0.397 e. The molecule has 0 bridgehead atoms. The minimum Gasteiger partial charge on any atom is -0.397 e. The molecule has 5 heteroatoms. The van der Waals surface area contributed by atoms with Gasteiger partial charge in [0.25, 0.3) is 0 Å². The van der Waals surface area contributed by atoms with E-state index in [1.54, 1.807) is 24.8 Å². The van der Waals surface area contributed by atoms with Crippen molar-refractivity contribution in [2.75, 3.05) is 23.4 Å². The summed E-state index contributed by atoms with van der Waals surface area (Å²) in [6.07, 6.45) is 6.88. The molecule has 0 unspecified atom stereocenters. The van der Waals surface area contributed by atoms with Crippen LogP contribution in [0.4, 0.5) is 17.1 Å². The van der Waals surface area contributed by atoms with E-state index in [-0.39, 0.29) is 0 Å². The minimum atomic E-state index is 0.629. The first-order chi connectivity index (χ1) is 12.6. The highest BCUT2D eigenvalue weighted by molar-refractivity contribution is 5.88. The van der Waals surface area contributed by atoms with Crippen molar-refractivity contribution < 1.29 is 0 Å². The lowest BCUT2D eigenvalue weighted by molar-refractivity contribution is 1.32. The van der Waals surface area contributed by atoms with Crippen molar-refractivity contribution >= 4 is 22.6 Å². The molecule has 2 heterocycles. The standard InChI is InChI=1S/C21H21N5/c1-14(15(2)26-19-6-8-24-9-7-19)20-11-16(4-5-21(20)23-3)17-10-18(22)13-25-12-17/h4-13,23H,1-2,22H2,3H3,(H,24,26). The Balaban J connectivity index is 1.93. The summed E-state index contributed by atoms with van der Waals surface area (Å²) in [5.41, 5.74) is 12.8. The Hall–Kier alpha value is -3.60. The summed E-state index contributed by atoms with van der Waals surface area (Å²) in [6, 6.07) is 11.8. The molecule has 0 amide bonds. The Morgan fingerprint density at radius 3 is 2.42 bits per heavy atom. The van der Waals surface area contributed by atoms with Gasteiger partial charge in [0, 0.05) is 60.0 Å². The summed E-state index contributed by atoms with van der Waals surface area (Å²) in [4.78, 5) is 8.19. The van der Waals surface area contributed by atoms with Crippen LogP contribution in [0.25, 0.3) is 16.7 Å². The summed E-state index contributed by atoms with van der Waals surface area (Å²) in [6.45, 7) is 8.35. The smallest absolute Gasteiger partial charge is 0.0506 e. The molecule has 130 valence electrons. The lowest BCUT2D eigenvalue weighted by Crippen LogP contribution is -2.03. The Kier molecular flexibility index (Phi) is 4.99. The number of hydrogen-bond donors (Lipinski definition) is 3. The molecule has 2 aromatic heterocycles. The molecule has 0 aliphatic heterocycles. The van der Waals surface area contributed by atoms with Crippen LogP contribution in [0.1, 0.15) is 5.56 Å². The van der Waals surface area contributed by atoms with E-state index in [1.165, 1.54) is 0 Å². The fourth-order valence-electron chi connectivity index (χ4n) is 2.65. The molecular formula is C21H21N5. The number of nitrogens with two attached hydrogens (primary N) is 1. The number of aromatic nitrogens is 2. The zero-order valence-corrected chi connectivity index (χ0v) is 14.7. The van der Waals surface area contributed by atoms with Gasteiger partial charge in [-0.3, -0.25) is 9.97 Å². The highest BCUT2D eigenvalue weighted by atomic mass is 14.9. The van der Waals surface area contributed by atoms with E-state index in [4.69, 9.17) is 5.73 Å². The maximum atomic E-state index is 5.86. The maximum Gasteiger partial charge on any atom is 0.0506 e. The van der Waals surface area contributed by atoms with E-state index in [2.05, 4.69) is 39.8 Å².